The molecular weight excluding hydrogens is 252 g/mol. The third-order valence-electron chi connectivity index (χ3n) is 3.38. The van der Waals surface area contributed by atoms with E-state index in [1.165, 1.54) is 12.8 Å². The van der Waals surface area contributed by atoms with Crippen molar-refractivity contribution in [3.63, 3.8) is 0 Å². The highest BCUT2D eigenvalue weighted by molar-refractivity contribution is 5.98. The summed E-state index contributed by atoms with van der Waals surface area (Å²) >= 11 is 0. The standard InChI is InChI=1S/C16H26N2O2/c1-6-7-8-9-12-10-13(16(19)20)15(18(4)5)14(11-12)17(2)3/h10-11H,6-9H2,1-5H3,(H,19,20). The summed E-state index contributed by atoms with van der Waals surface area (Å²) in [5.74, 6) is -0.867. The van der Waals surface area contributed by atoms with Gasteiger partial charge in [0.1, 0.15) is 0 Å². The van der Waals surface area contributed by atoms with Crippen LogP contribution in [0.25, 0.3) is 0 Å². The topological polar surface area (TPSA) is 43.8 Å². The number of nitrogens with zero attached hydrogens (tertiary/aromatic N) is 2. The fraction of sp³-hybridized carbons (Fsp3) is 0.562. The van der Waals surface area contributed by atoms with Crippen molar-refractivity contribution >= 4 is 17.3 Å². The van der Waals surface area contributed by atoms with E-state index in [1.54, 1.807) is 0 Å². The molecule has 1 rings (SSSR count). The van der Waals surface area contributed by atoms with Gasteiger partial charge >= 0.3 is 5.97 Å². The van der Waals surface area contributed by atoms with Crippen LogP contribution in [-0.4, -0.2) is 39.3 Å². The van der Waals surface area contributed by atoms with E-state index in [1.807, 2.05) is 44.1 Å². The molecule has 0 aliphatic rings. The molecule has 0 atom stereocenters. The van der Waals surface area contributed by atoms with E-state index in [0.717, 1.165) is 29.8 Å². The quantitative estimate of drug-likeness (QED) is 0.778. The van der Waals surface area contributed by atoms with Gasteiger partial charge in [0.2, 0.25) is 0 Å². The molecule has 20 heavy (non-hydrogen) atoms. The molecule has 0 aliphatic heterocycles. The zero-order chi connectivity index (χ0) is 15.3. The maximum absolute atomic E-state index is 11.5. The Labute approximate surface area is 122 Å². The van der Waals surface area contributed by atoms with E-state index in [0.29, 0.717) is 5.56 Å². The number of anilines is 2. The molecule has 1 aromatic carbocycles. The Morgan fingerprint density at radius 2 is 1.75 bits per heavy atom. The second-order valence-corrected chi connectivity index (χ2v) is 5.56. The summed E-state index contributed by atoms with van der Waals surface area (Å²) in [4.78, 5) is 15.4. The first kappa shape index (κ1) is 16.3. The van der Waals surface area contributed by atoms with Gasteiger partial charge < -0.3 is 14.9 Å². The molecule has 4 nitrogen and oxygen atoms in total. The van der Waals surface area contributed by atoms with Crippen LogP contribution in [0.4, 0.5) is 11.4 Å². The van der Waals surface area contributed by atoms with Crippen molar-refractivity contribution in [2.24, 2.45) is 0 Å². The SMILES string of the molecule is CCCCCc1cc(C(=O)O)c(N(C)C)c(N(C)C)c1. The number of rotatable bonds is 7. The zero-order valence-corrected chi connectivity index (χ0v) is 13.2. The molecule has 0 radical (unpaired) electrons. The van der Waals surface area contributed by atoms with Crippen LogP contribution in [-0.2, 0) is 6.42 Å². The number of hydrogen-bond donors (Lipinski definition) is 1. The molecule has 1 N–H and O–H groups in total. The van der Waals surface area contributed by atoms with Crippen molar-refractivity contribution in [3.8, 4) is 0 Å². The molecule has 0 saturated carbocycles. The number of hydrogen-bond acceptors (Lipinski definition) is 3. The molecule has 112 valence electrons. The Kier molecular flexibility index (Phi) is 5.86. The van der Waals surface area contributed by atoms with Crippen LogP contribution in [0.2, 0.25) is 0 Å². The molecule has 1 aromatic rings. The Bertz CT molecular complexity index is 468. The molecule has 4 heteroatoms. The lowest BCUT2D eigenvalue weighted by molar-refractivity contribution is 0.0697. The maximum Gasteiger partial charge on any atom is 0.337 e. The fourth-order valence-electron chi connectivity index (χ4n) is 2.37. The van der Waals surface area contributed by atoms with E-state index >= 15 is 0 Å². The summed E-state index contributed by atoms with van der Waals surface area (Å²) < 4.78 is 0. The smallest absolute Gasteiger partial charge is 0.337 e. The largest absolute Gasteiger partial charge is 0.478 e. The van der Waals surface area contributed by atoms with Gasteiger partial charge in [-0.1, -0.05) is 19.8 Å². The highest BCUT2D eigenvalue weighted by atomic mass is 16.4. The van der Waals surface area contributed by atoms with Crippen molar-refractivity contribution in [1.29, 1.82) is 0 Å². The Morgan fingerprint density at radius 3 is 2.20 bits per heavy atom. The van der Waals surface area contributed by atoms with Crippen LogP contribution < -0.4 is 9.80 Å². The third-order valence-corrected chi connectivity index (χ3v) is 3.38. The summed E-state index contributed by atoms with van der Waals surface area (Å²) in [5, 5.41) is 9.47. The fourth-order valence-corrected chi connectivity index (χ4v) is 2.37. The Hall–Kier alpha value is -1.71. The highest BCUT2D eigenvalue weighted by Gasteiger charge is 2.18. The molecular formula is C16H26N2O2. The van der Waals surface area contributed by atoms with Crippen LogP contribution in [0.3, 0.4) is 0 Å². The summed E-state index contributed by atoms with van der Waals surface area (Å²) in [6, 6.07) is 3.93. The minimum absolute atomic E-state index is 0.382. The number of carbonyl (C=O) groups is 1. The van der Waals surface area contributed by atoms with E-state index < -0.39 is 5.97 Å². The Balaban J connectivity index is 3.27. The average molecular weight is 278 g/mol. The van der Waals surface area contributed by atoms with Crippen molar-refractivity contribution in [3.05, 3.63) is 23.3 Å². The highest BCUT2D eigenvalue weighted by Crippen LogP contribution is 2.33. The molecule has 0 aromatic heterocycles. The Morgan fingerprint density at radius 1 is 1.10 bits per heavy atom. The summed E-state index contributed by atoms with van der Waals surface area (Å²) in [6.07, 6.45) is 4.38. The number of carboxylic acids is 1. The van der Waals surface area contributed by atoms with Gasteiger partial charge in [0.15, 0.2) is 0 Å². The van der Waals surface area contributed by atoms with Crippen LogP contribution in [0.5, 0.6) is 0 Å². The molecule has 0 saturated heterocycles. The lowest BCUT2D eigenvalue weighted by atomic mass is 10.0. The van der Waals surface area contributed by atoms with E-state index in [2.05, 4.69) is 13.0 Å². The van der Waals surface area contributed by atoms with E-state index in [9.17, 15) is 9.90 Å². The molecule has 0 aliphatic carbocycles. The molecule has 0 spiro atoms. The van der Waals surface area contributed by atoms with Crippen LogP contribution in [0, 0.1) is 0 Å². The minimum atomic E-state index is -0.867. The monoisotopic (exact) mass is 278 g/mol. The molecule has 0 amide bonds. The second-order valence-electron chi connectivity index (χ2n) is 5.56. The first-order valence-corrected chi connectivity index (χ1v) is 7.13. The normalized spacial score (nSPS) is 10.4. The summed E-state index contributed by atoms with van der Waals surface area (Å²) in [6.45, 7) is 2.17. The average Bonchev–Trinajstić information content (AvgIpc) is 2.37. The summed E-state index contributed by atoms with van der Waals surface area (Å²) in [5.41, 5.74) is 3.21. The van der Waals surface area contributed by atoms with Crippen LogP contribution in [0.1, 0.15) is 42.1 Å². The van der Waals surface area contributed by atoms with Crippen molar-refractivity contribution < 1.29 is 9.90 Å². The lowest BCUT2D eigenvalue weighted by Crippen LogP contribution is -2.20. The first-order valence-electron chi connectivity index (χ1n) is 7.13. The predicted molar refractivity (Wildman–Crippen MR) is 85.3 cm³/mol. The molecule has 0 fully saturated rings. The van der Waals surface area contributed by atoms with Gasteiger partial charge in [0.25, 0.3) is 0 Å². The first-order chi connectivity index (χ1) is 9.38. The van der Waals surface area contributed by atoms with Crippen LogP contribution >= 0.6 is 0 Å². The molecule has 0 unspecified atom stereocenters. The van der Waals surface area contributed by atoms with Crippen molar-refractivity contribution in [1.82, 2.24) is 0 Å². The van der Waals surface area contributed by atoms with Gasteiger partial charge in [-0.15, -0.1) is 0 Å². The number of carboxylic acid groups (broad SMARTS) is 1. The molecule has 0 bridgehead atoms. The van der Waals surface area contributed by atoms with Gasteiger partial charge in [-0.05, 0) is 30.5 Å². The lowest BCUT2D eigenvalue weighted by Gasteiger charge is -2.25. The van der Waals surface area contributed by atoms with E-state index in [4.69, 9.17) is 0 Å². The zero-order valence-electron chi connectivity index (χ0n) is 13.2. The number of aryl methyl sites for hydroxylation is 1. The van der Waals surface area contributed by atoms with Gasteiger partial charge in [-0.3, -0.25) is 0 Å². The number of benzene rings is 1. The van der Waals surface area contributed by atoms with Gasteiger partial charge in [0, 0.05) is 28.2 Å². The minimum Gasteiger partial charge on any atom is -0.478 e. The van der Waals surface area contributed by atoms with Crippen LogP contribution in [0.15, 0.2) is 12.1 Å². The number of unbranched alkanes of at least 4 members (excludes halogenated alkanes) is 2. The van der Waals surface area contributed by atoms with Gasteiger partial charge in [-0.2, -0.15) is 0 Å². The second kappa shape index (κ2) is 7.17. The molecule has 0 heterocycles. The van der Waals surface area contributed by atoms with E-state index in [-0.39, 0.29) is 0 Å². The van der Waals surface area contributed by atoms with Gasteiger partial charge in [-0.25, -0.2) is 4.79 Å². The van der Waals surface area contributed by atoms with Crippen molar-refractivity contribution in [2.45, 2.75) is 32.6 Å². The van der Waals surface area contributed by atoms with Gasteiger partial charge in [0.05, 0.1) is 16.9 Å². The number of aromatic carboxylic acids is 1. The maximum atomic E-state index is 11.5. The summed E-state index contributed by atoms with van der Waals surface area (Å²) in [7, 11) is 7.66. The van der Waals surface area contributed by atoms with Crippen molar-refractivity contribution in [2.75, 3.05) is 38.0 Å². The predicted octanol–water partition coefficient (Wildman–Crippen LogP) is 3.25. The third kappa shape index (κ3) is 3.89.